The van der Waals surface area contributed by atoms with Gasteiger partial charge < -0.3 is 24.2 Å². The number of likely N-dealkylation sites (tertiary alicyclic amines) is 1. The summed E-state index contributed by atoms with van der Waals surface area (Å²) in [5, 5.41) is 0. The molecule has 0 aliphatic carbocycles. The van der Waals surface area contributed by atoms with Crippen molar-refractivity contribution in [3.8, 4) is 0 Å². The quantitative estimate of drug-likeness (QED) is 0.645. The summed E-state index contributed by atoms with van der Waals surface area (Å²) >= 11 is 0. The lowest BCUT2D eigenvalue weighted by Crippen LogP contribution is -2.50. The fourth-order valence-electron chi connectivity index (χ4n) is 4.46. The van der Waals surface area contributed by atoms with Crippen LogP contribution in [0.25, 0.3) is 0 Å². The zero-order valence-electron chi connectivity index (χ0n) is 20.4. The van der Waals surface area contributed by atoms with E-state index in [0.29, 0.717) is 38.7 Å². The summed E-state index contributed by atoms with van der Waals surface area (Å²) in [6.07, 6.45) is 0.433. The van der Waals surface area contributed by atoms with Crippen molar-refractivity contribution in [3.63, 3.8) is 0 Å². The van der Waals surface area contributed by atoms with E-state index >= 15 is 0 Å². The fraction of sp³-hybridized carbons (Fsp3) is 0.481. The summed E-state index contributed by atoms with van der Waals surface area (Å²) in [6, 6.07) is 18.3. The van der Waals surface area contributed by atoms with Crippen molar-refractivity contribution in [2.45, 2.75) is 45.3 Å². The van der Waals surface area contributed by atoms with Gasteiger partial charge in [-0.05, 0) is 50.5 Å². The van der Waals surface area contributed by atoms with Gasteiger partial charge in [-0.15, -0.1) is 0 Å². The van der Waals surface area contributed by atoms with E-state index in [2.05, 4.69) is 29.2 Å². The van der Waals surface area contributed by atoms with Crippen LogP contribution in [0.5, 0.6) is 0 Å². The molecule has 0 radical (unpaired) electrons. The average molecular weight is 466 g/mol. The Morgan fingerprint density at radius 2 is 1.62 bits per heavy atom. The van der Waals surface area contributed by atoms with Gasteiger partial charge in [0.1, 0.15) is 12.2 Å². The van der Waals surface area contributed by atoms with Crippen LogP contribution in [0.1, 0.15) is 44.2 Å². The van der Waals surface area contributed by atoms with Crippen LogP contribution in [-0.2, 0) is 16.1 Å². The highest BCUT2D eigenvalue weighted by Crippen LogP contribution is 2.30. The summed E-state index contributed by atoms with van der Waals surface area (Å²) in [5.41, 5.74) is 2.91. The van der Waals surface area contributed by atoms with E-state index < -0.39 is 5.60 Å². The van der Waals surface area contributed by atoms with Gasteiger partial charge in [0.05, 0.1) is 0 Å². The summed E-state index contributed by atoms with van der Waals surface area (Å²) in [7, 11) is 0. The van der Waals surface area contributed by atoms with Gasteiger partial charge in [-0.2, -0.15) is 0 Å². The number of rotatable bonds is 4. The molecule has 0 unspecified atom stereocenters. The molecule has 0 bridgehead atoms. The van der Waals surface area contributed by atoms with Crippen molar-refractivity contribution in [1.82, 2.24) is 9.80 Å². The highest BCUT2D eigenvalue weighted by atomic mass is 16.6. The van der Waals surface area contributed by atoms with Crippen molar-refractivity contribution in [2.24, 2.45) is 0 Å². The SMILES string of the molecule is CC(C)(C)OC(=O)N1CCN(c2cccc([C@@H]3CCN(C(=O)OCc4ccccc4)C3)c2)CC1. The van der Waals surface area contributed by atoms with Crippen LogP contribution in [0, 0.1) is 0 Å². The van der Waals surface area contributed by atoms with Crippen LogP contribution in [0.2, 0.25) is 0 Å². The van der Waals surface area contributed by atoms with Crippen LogP contribution in [0.15, 0.2) is 54.6 Å². The highest BCUT2D eigenvalue weighted by Gasteiger charge is 2.29. The molecule has 0 aromatic heterocycles. The van der Waals surface area contributed by atoms with Crippen LogP contribution < -0.4 is 4.90 Å². The van der Waals surface area contributed by atoms with Gasteiger partial charge in [-0.25, -0.2) is 9.59 Å². The molecule has 0 N–H and O–H groups in total. The Morgan fingerprint density at radius 3 is 2.32 bits per heavy atom. The van der Waals surface area contributed by atoms with Gasteiger partial charge >= 0.3 is 12.2 Å². The minimum atomic E-state index is -0.480. The smallest absolute Gasteiger partial charge is 0.410 e. The predicted molar refractivity (Wildman–Crippen MR) is 132 cm³/mol. The molecule has 7 nitrogen and oxygen atoms in total. The van der Waals surface area contributed by atoms with Gasteiger partial charge in [-0.1, -0.05) is 42.5 Å². The van der Waals surface area contributed by atoms with E-state index in [4.69, 9.17) is 9.47 Å². The Kier molecular flexibility index (Phi) is 7.29. The molecular weight excluding hydrogens is 430 g/mol. The third kappa shape index (κ3) is 6.22. The third-order valence-electron chi connectivity index (χ3n) is 6.29. The van der Waals surface area contributed by atoms with E-state index in [0.717, 1.165) is 30.8 Å². The minimum absolute atomic E-state index is 0.244. The lowest BCUT2D eigenvalue weighted by Gasteiger charge is -2.37. The molecule has 1 atom stereocenters. The maximum atomic E-state index is 12.5. The Labute approximate surface area is 202 Å². The second kappa shape index (κ2) is 10.4. The van der Waals surface area contributed by atoms with Crippen LogP contribution in [0.4, 0.5) is 15.3 Å². The number of amides is 2. The van der Waals surface area contributed by atoms with Crippen molar-refractivity contribution in [1.29, 1.82) is 0 Å². The number of carbonyl (C=O) groups is 2. The lowest BCUT2D eigenvalue weighted by atomic mass is 9.97. The maximum Gasteiger partial charge on any atom is 0.410 e. The van der Waals surface area contributed by atoms with Gasteiger partial charge in [0.2, 0.25) is 0 Å². The van der Waals surface area contributed by atoms with Crippen molar-refractivity contribution >= 4 is 17.9 Å². The first-order valence-corrected chi connectivity index (χ1v) is 12.1. The molecule has 34 heavy (non-hydrogen) atoms. The molecule has 2 aliphatic heterocycles. The molecule has 2 aromatic carbocycles. The molecule has 2 aromatic rings. The second-order valence-electron chi connectivity index (χ2n) is 10.0. The number of hydrogen-bond donors (Lipinski definition) is 0. The van der Waals surface area contributed by atoms with Gasteiger partial charge in [0, 0.05) is 50.9 Å². The van der Waals surface area contributed by atoms with E-state index in [9.17, 15) is 9.59 Å². The monoisotopic (exact) mass is 465 g/mol. The molecule has 2 fully saturated rings. The molecule has 2 aliphatic rings. The first-order valence-electron chi connectivity index (χ1n) is 12.1. The van der Waals surface area contributed by atoms with Gasteiger partial charge in [0.15, 0.2) is 0 Å². The second-order valence-corrected chi connectivity index (χ2v) is 10.0. The summed E-state index contributed by atoms with van der Waals surface area (Å²) < 4.78 is 11.0. The van der Waals surface area contributed by atoms with E-state index in [1.165, 1.54) is 5.56 Å². The summed E-state index contributed by atoms with van der Waals surface area (Å²) in [4.78, 5) is 30.8. The van der Waals surface area contributed by atoms with Crippen LogP contribution in [-0.4, -0.2) is 66.9 Å². The van der Waals surface area contributed by atoms with Crippen LogP contribution >= 0.6 is 0 Å². The molecule has 4 rings (SSSR count). The third-order valence-corrected chi connectivity index (χ3v) is 6.29. The predicted octanol–water partition coefficient (Wildman–Crippen LogP) is 4.87. The van der Waals surface area contributed by atoms with Crippen molar-refractivity contribution in [3.05, 3.63) is 65.7 Å². The first kappa shape index (κ1) is 23.9. The molecule has 0 spiro atoms. The van der Waals surface area contributed by atoms with Gasteiger partial charge in [0.25, 0.3) is 0 Å². The zero-order chi connectivity index (χ0) is 24.1. The van der Waals surface area contributed by atoms with E-state index in [1.54, 1.807) is 9.80 Å². The van der Waals surface area contributed by atoms with Crippen molar-refractivity contribution < 1.29 is 19.1 Å². The molecule has 2 saturated heterocycles. The Hall–Kier alpha value is -3.22. The Morgan fingerprint density at radius 1 is 0.882 bits per heavy atom. The average Bonchev–Trinajstić information content (AvgIpc) is 3.33. The van der Waals surface area contributed by atoms with Crippen molar-refractivity contribution in [2.75, 3.05) is 44.2 Å². The lowest BCUT2D eigenvalue weighted by molar-refractivity contribution is 0.0240. The number of hydrogen-bond acceptors (Lipinski definition) is 5. The summed E-state index contributed by atoms with van der Waals surface area (Å²) in [6.45, 7) is 10.2. The van der Waals surface area contributed by atoms with E-state index in [-0.39, 0.29) is 12.2 Å². The number of anilines is 1. The number of carbonyl (C=O) groups excluding carboxylic acids is 2. The van der Waals surface area contributed by atoms with Crippen LogP contribution in [0.3, 0.4) is 0 Å². The standard InChI is InChI=1S/C27H35N3O4/c1-27(2,3)34-26(32)29-16-14-28(15-17-29)24-11-7-10-22(18-24)23-12-13-30(19-23)25(31)33-20-21-8-5-4-6-9-21/h4-11,18,23H,12-17,19-20H2,1-3H3/t23-/m1/s1. The topological polar surface area (TPSA) is 62.3 Å². The molecule has 7 heteroatoms. The molecular formula is C27H35N3O4. The summed E-state index contributed by atoms with van der Waals surface area (Å²) in [5.74, 6) is 0.298. The Balaban J connectivity index is 1.29. The number of benzene rings is 2. The normalized spacial score (nSPS) is 18.7. The Bertz CT molecular complexity index is 981. The largest absolute Gasteiger partial charge is 0.445 e. The molecule has 182 valence electrons. The molecule has 0 saturated carbocycles. The fourth-order valence-corrected chi connectivity index (χ4v) is 4.46. The molecule has 2 heterocycles. The number of ether oxygens (including phenoxy) is 2. The van der Waals surface area contributed by atoms with E-state index in [1.807, 2.05) is 51.1 Å². The minimum Gasteiger partial charge on any atom is -0.445 e. The zero-order valence-corrected chi connectivity index (χ0v) is 20.4. The number of piperazine rings is 1. The maximum absolute atomic E-state index is 12.5. The highest BCUT2D eigenvalue weighted by molar-refractivity contribution is 5.69. The number of nitrogens with zero attached hydrogens (tertiary/aromatic N) is 3. The van der Waals surface area contributed by atoms with Gasteiger partial charge in [-0.3, -0.25) is 0 Å². The molecule has 2 amide bonds. The first-order chi connectivity index (χ1) is 16.3.